The minimum Gasteiger partial charge on any atom is -0.479 e. The van der Waals surface area contributed by atoms with Gasteiger partial charge in [0.2, 0.25) is 0 Å². The van der Waals surface area contributed by atoms with E-state index < -0.39 is 11.5 Å². The maximum atomic E-state index is 12.0. The predicted molar refractivity (Wildman–Crippen MR) is 70.6 cm³/mol. The molecule has 0 aliphatic carbocycles. The van der Waals surface area contributed by atoms with Crippen molar-refractivity contribution in [2.75, 3.05) is 5.32 Å². The van der Waals surface area contributed by atoms with Gasteiger partial charge in [0.05, 0.1) is 23.7 Å². The number of carboxylic acid groups (broad SMARTS) is 1. The average Bonchev–Trinajstić information content (AvgIpc) is 2.97. The van der Waals surface area contributed by atoms with Crippen molar-refractivity contribution < 1.29 is 19.1 Å². The molecule has 2 rings (SSSR count). The predicted octanol–water partition coefficient (Wildman–Crippen LogP) is 1.86. The number of anilines is 1. The van der Waals surface area contributed by atoms with Crippen molar-refractivity contribution >= 4 is 17.6 Å². The summed E-state index contributed by atoms with van der Waals surface area (Å²) in [6.07, 6.45) is 4.31. The first kappa shape index (κ1) is 13.9. The summed E-state index contributed by atoms with van der Waals surface area (Å²) in [6, 6.07) is 1.57. The summed E-state index contributed by atoms with van der Waals surface area (Å²) in [4.78, 5) is 23.1. The Morgan fingerprint density at radius 3 is 2.70 bits per heavy atom. The molecule has 2 N–H and O–H groups in total. The van der Waals surface area contributed by atoms with Crippen molar-refractivity contribution in [1.82, 2.24) is 9.78 Å². The molecular weight excluding hydrogens is 262 g/mol. The number of carbonyl (C=O) groups is 2. The fraction of sp³-hybridized carbons (Fsp3) is 0.308. The quantitative estimate of drug-likeness (QED) is 0.888. The Morgan fingerprint density at radius 1 is 1.45 bits per heavy atom. The number of aliphatic carboxylic acids is 1. The van der Waals surface area contributed by atoms with Crippen LogP contribution in [0.3, 0.4) is 0 Å². The van der Waals surface area contributed by atoms with Crippen LogP contribution in [-0.2, 0) is 10.3 Å². The summed E-state index contributed by atoms with van der Waals surface area (Å²) < 4.78 is 6.34. The lowest BCUT2D eigenvalue weighted by Crippen LogP contribution is -2.35. The summed E-state index contributed by atoms with van der Waals surface area (Å²) in [6.45, 7) is 4.73. The molecule has 0 aliphatic rings. The summed E-state index contributed by atoms with van der Waals surface area (Å²) in [5.41, 5.74) is -0.339. The van der Waals surface area contributed by atoms with Gasteiger partial charge in [-0.05, 0) is 26.8 Å². The van der Waals surface area contributed by atoms with Gasteiger partial charge < -0.3 is 14.8 Å². The fourth-order valence-electron chi connectivity index (χ4n) is 1.61. The molecule has 0 atom stereocenters. The number of aryl methyl sites for hydroxylation is 1. The number of hydrogen-bond acceptors (Lipinski definition) is 4. The van der Waals surface area contributed by atoms with Gasteiger partial charge in [0.1, 0.15) is 5.76 Å². The zero-order valence-corrected chi connectivity index (χ0v) is 11.4. The Morgan fingerprint density at radius 2 is 2.15 bits per heavy atom. The second-order valence-corrected chi connectivity index (χ2v) is 4.88. The molecule has 2 heterocycles. The Kier molecular flexibility index (Phi) is 3.35. The van der Waals surface area contributed by atoms with E-state index in [-0.39, 0.29) is 5.91 Å². The summed E-state index contributed by atoms with van der Waals surface area (Å²) in [5, 5.41) is 15.7. The third-order valence-electron chi connectivity index (χ3n) is 3.04. The molecule has 0 saturated carbocycles. The van der Waals surface area contributed by atoms with Crippen molar-refractivity contribution in [1.29, 1.82) is 0 Å². The summed E-state index contributed by atoms with van der Waals surface area (Å²) >= 11 is 0. The maximum absolute atomic E-state index is 12.0. The number of rotatable bonds is 4. The second-order valence-electron chi connectivity index (χ2n) is 4.88. The van der Waals surface area contributed by atoms with E-state index in [4.69, 9.17) is 9.52 Å². The molecule has 1 amide bonds. The van der Waals surface area contributed by atoms with E-state index in [1.807, 2.05) is 0 Å². The number of aromatic nitrogens is 2. The number of carbonyl (C=O) groups excluding carboxylic acids is 1. The van der Waals surface area contributed by atoms with Gasteiger partial charge in [-0.25, -0.2) is 4.79 Å². The van der Waals surface area contributed by atoms with E-state index in [2.05, 4.69) is 10.4 Å². The zero-order chi connectivity index (χ0) is 14.9. The van der Waals surface area contributed by atoms with E-state index in [1.54, 1.807) is 13.0 Å². The molecule has 0 bridgehead atoms. The summed E-state index contributed by atoms with van der Waals surface area (Å²) in [7, 11) is 0. The van der Waals surface area contributed by atoms with Crippen LogP contribution < -0.4 is 5.32 Å². The van der Waals surface area contributed by atoms with Gasteiger partial charge in [-0.15, -0.1) is 0 Å². The first-order chi connectivity index (χ1) is 9.32. The third kappa shape index (κ3) is 2.42. The monoisotopic (exact) mass is 277 g/mol. The van der Waals surface area contributed by atoms with Gasteiger partial charge in [0, 0.05) is 6.20 Å². The standard InChI is InChI=1S/C13H15N3O4/c1-8-10(4-5-20-8)11(17)15-9-6-14-16(7-9)13(2,3)12(18)19/h4-7H,1-3H3,(H,15,17)(H,18,19). The molecule has 7 nitrogen and oxygen atoms in total. The Hall–Kier alpha value is -2.57. The van der Waals surface area contributed by atoms with Crippen LogP contribution in [0.25, 0.3) is 0 Å². The van der Waals surface area contributed by atoms with Crippen molar-refractivity contribution in [2.45, 2.75) is 26.3 Å². The van der Waals surface area contributed by atoms with E-state index >= 15 is 0 Å². The SMILES string of the molecule is Cc1occc1C(=O)Nc1cnn(C(C)(C)C(=O)O)c1. The smallest absolute Gasteiger partial charge is 0.331 e. The highest BCUT2D eigenvalue weighted by atomic mass is 16.4. The Bertz CT molecular complexity index is 654. The molecule has 2 aromatic rings. The van der Waals surface area contributed by atoms with Gasteiger partial charge in [-0.2, -0.15) is 5.10 Å². The molecule has 20 heavy (non-hydrogen) atoms. The lowest BCUT2D eigenvalue weighted by atomic mass is 10.1. The second kappa shape index (κ2) is 4.84. The van der Waals surface area contributed by atoms with Gasteiger partial charge in [-0.1, -0.05) is 0 Å². The van der Waals surface area contributed by atoms with Crippen molar-refractivity contribution in [3.05, 3.63) is 36.0 Å². The number of nitrogens with zero attached hydrogens (tertiary/aromatic N) is 2. The number of carboxylic acids is 1. The highest BCUT2D eigenvalue weighted by Gasteiger charge is 2.30. The lowest BCUT2D eigenvalue weighted by Gasteiger charge is -2.19. The topological polar surface area (TPSA) is 97.4 Å². The van der Waals surface area contributed by atoms with Crippen LogP contribution in [0.2, 0.25) is 0 Å². The number of nitrogens with one attached hydrogen (secondary N) is 1. The highest BCUT2D eigenvalue weighted by molar-refractivity contribution is 6.04. The molecule has 2 aromatic heterocycles. The van der Waals surface area contributed by atoms with Crippen molar-refractivity contribution in [3.63, 3.8) is 0 Å². The molecule has 0 fully saturated rings. The van der Waals surface area contributed by atoms with Crippen LogP contribution in [-0.4, -0.2) is 26.8 Å². The fourth-order valence-corrected chi connectivity index (χ4v) is 1.61. The largest absolute Gasteiger partial charge is 0.479 e. The van der Waals surface area contributed by atoms with Crippen LogP contribution in [0.4, 0.5) is 5.69 Å². The van der Waals surface area contributed by atoms with Crippen molar-refractivity contribution in [3.8, 4) is 0 Å². The van der Waals surface area contributed by atoms with E-state index in [0.717, 1.165) is 0 Å². The number of furan rings is 1. The van der Waals surface area contributed by atoms with Gasteiger partial charge in [-0.3, -0.25) is 9.48 Å². The minimum absolute atomic E-state index is 0.330. The zero-order valence-electron chi connectivity index (χ0n) is 11.4. The Balaban J connectivity index is 2.17. The number of hydrogen-bond donors (Lipinski definition) is 2. The molecule has 0 aliphatic heterocycles. The average molecular weight is 277 g/mol. The van der Waals surface area contributed by atoms with Crippen LogP contribution in [0.5, 0.6) is 0 Å². The van der Waals surface area contributed by atoms with Crippen LogP contribution >= 0.6 is 0 Å². The molecule has 0 unspecified atom stereocenters. The van der Waals surface area contributed by atoms with Gasteiger partial charge in [0.15, 0.2) is 5.54 Å². The van der Waals surface area contributed by atoms with Gasteiger partial charge in [0.25, 0.3) is 5.91 Å². The third-order valence-corrected chi connectivity index (χ3v) is 3.04. The van der Waals surface area contributed by atoms with Gasteiger partial charge >= 0.3 is 5.97 Å². The van der Waals surface area contributed by atoms with Crippen molar-refractivity contribution in [2.24, 2.45) is 0 Å². The van der Waals surface area contributed by atoms with E-state index in [0.29, 0.717) is 17.0 Å². The lowest BCUT2D eigenvalue weighted by molar-refractivity contribution is -0.146. The summed E-state index contributed by atoms with van der Waals surface area (Å²) in [5.74, 6) is -0.825. The highest BCUT2D eigenvalue weighted by Crippen LogP contribution is 2.18. The molecular formula is C13H15N3O4. The van der Waals surface area contributed by atoms with Crippen LogP contribution in [0, 0.1) is 6.92 Å². The first-order valence-corrected chi connectivity index (χ1v) is 5.96. The molecule has 106 valence electrons. The Labute approximate surface area is 115 Å². The molecule has 0 spiro atoms. The molecule has 0 aromatic carbocycles. The van der Waals surface area contributed by atoms with Crippen LogP contribution in [0.1, 0.15) is 30.0 Å². The van der Waals surface area contributed by atoms with Crippen LogP contribution in [0.15, 0.2) is 29.1 Å². The molecule has 7 heteroatoms. The molecule has 0 saturated heterocycles. The first-order valence-electron chi connectivity index (χ1n) is 5.96. The maximum Gasteiger partial charge on any atom is 0.331 e. The molecule has 0 radical (unpaired) electrons. The minimum atomic E-state index is -1.19. The van der Waals surface area contributed by atoms with E-state index in [9.17, 15) is 9.59 Å². The normalized spacial score (nSPS) is 11.3. The van der Waals surface area contributed by atoms with E-state index in [1.165, 1.54) is 37.2 Å². The number of amides is 1.